The Morgan fingerprint density at radius 3 is 2.63 bits per heavy atom. The minimum atomic E-state index is -0.647. The van der Waals surface area contributed by atoms with Gasteiger partial charge in [-0.1, -0.05) is 43.0 Å². The Hall–Kier alpha value is -4.72. The first-order valence-electron chi connectivity index (χ1n) is 16.3. The van der Waals surface area contributed by atoms with Crippen LogP contribution in [0.15, 0.2) is 85.0 Å². The molecule has 256 valence electrons. The van der Waals surface area contributed by atoms with E-state index in [9.17, 15) is 9.59 Å². The predicted molar refractivity (Wildman–Crippen MR) is 193 cm³/mol. The van der Waals surface area contributed by atoms with Gasteiger partial charge in [0, 0.05) is 51.1 Å². The molecular formula is C36H43N9O3S. The van der Waals surface area contributed by atoms with Crippen molar-refractivity contribution < 1.29 is 14.3 Å². The van der Waals surface area contributed by atoms with Crippen LogP contribution in [0.1, 0.15) is 30.4 Å². The summed E-state index contributed by atoms with van der Waals surface area (Å²) in [5, 5.41) is 7.64. The minimum absolute atomic E-state index is 0.0281. The number of hydrogen-bond acceptors (Lipinski definition) is 10. The third-order valence-electron chi connectivity index (χ3n) is 9.52. The number of amides is 2. The summed E-state index contributed by atoms with van der Waals surface area (Å²) in [5.41, 5.74) is 9.40. The van der Waals surface area contributed by atoms with E-state index in [2.05, 4.69) is 55.5 Å². The number of likely N-dealkylation sites (tertiary alicyclic amines) is 1. The van der Waals surface area contributed by atoms with Crippen LogP contribution in [-0.2, 0) is 16.6 Å². The Kier molecular flexibility index (Phi) is 10.3. The number of nitrogens with zero attached hydrogens (tertiary/aromatic N) is 6. The van der Waals surface area contributed by atoms with Crippen molar-refractivity contribution in [2.45, 2.75) is 30.1 Å². The Morgan fingerprint density at radius 1 is 1.16 bits per heavy atom. The fraction of sp³-hybridized carbons (Fsp3) is 0.361. The number of nitrogens with two attached hydrogens (primary N) is 1. The highest BCUT2D eigenvalue weighted by Gasteiger charge is 2.45. The van der Waals surface area contributed by atoms with Gasteiger partial charge >= 0.3 is 0 Å². The standard InChI is InChI=1S/C36H43N9O3S/c1-24(28-11-15-38-32(19-28)48-3)30-20-29(9-10-31(30)41-37)40-35(47)36(49-4)14-18-44(22-36)21-33(46)45-16-12-26(13-17-45)25-5-7-27(8-6-25)34-39-23-43(2)42-34/h5-12,15,19,23,29,41H,1,13-14,16-18,20-22,37H2,2-4H3,(H,40,47)/t29?,36-/m0/s1. The van der Waals surface area contributed by atoms with E-state index >= 15 is 0 Å². The van der Waals surface area contributed by atoms with E-state index in [1.54, 1.807) is 36.1 Å². The SMILES string of the molecule is C=C(C1=C(NN)C=CC(NC(=O)[C@]2(SC)CCN(CC(=O)N3CC=C(c4ccc(-c5ncn(C)n5)cc4)CC3)C2)C1)c1ccnc(OC)c1. The third kappa shape index (κ3) is 7.48. The van der Waals surface area contributed by atoms with Gasteiger partial charge in [-0.15, -0.1) is 11.8 Å². The molecule has 1 saturated heterocycles. The summed E-state index contributed by atoms with van der Waals surface area (Å²) in [4.78, 5) is 39.8. The number of hydrogen-bond donors (Lipinski definition) is 3. The van der Waals surface area contributed by atoms with Gasteiger partial charge in [-0.25, -0.2) is 9.97 Å². The van der Waals surface area contributed by atoms with Crippen LogP contribution < -0.4 is 21.3 Å². The van der Waals surface area contributed by atoms with Gasteiger partial charge in [-0.05, 0) is 65.5 Å². The Labute approximate surface area is 291 Å². The summed E-state index contributed by atoms with van der Waals surface area (Å²) < 4.78 is 6.33. The molecule has 3 aromatic rings. The third-order valence-corrected chi connectivity index (χ3v) is 10.8. The summed E-state index contributed by atoms with van der Waals surface area (Å²) >= 11 is 1.55. The summed E-state index contributed by atoms with van der Waals surface area (Å²) in [7, 11) is 3.43. The fourth-order valence-corrected chi connectivity index (χ4v) is 7.46. The second-order valence-corrected chi connectivity index (χ2v) is 13.7. The average Bonchev–Trinajstić information content (AvgIpc) is 3.78. The zero-order chi connectivity index (χ0) is 34.5. The van der Waals surface area contributed by atoms with Crippen LogP contribution in [0, 0.1) is 0 Å². The molecule has 0 saturated carbocycles. The lowest BCUT2D eigenvalue weighted by Crippen LogP contribution is -2.50. The lowest BCUT2D eigenvalue weighted by Gasteiger charge is -2.31. The summed E-state index contributed by atoms with van der Waals surface area (Å²) in [6, 6.07) is 11.7. The quantitative estimate of drug-likeness (QED) is 0.204. The number of benzene rings is 1. The monoisotopic (exact) mass is 681 g/mol. The molecule has 0 radical (unpaired) electrons. The fourth-order valence-electron chi connectivity index (χ4n) is 6.61. The van der Waals surface area contributed by atoms with Gasteiger partial charge < -0.3 is 20.4 Å². The van der Waals surface area contributed by atoms with Crippen LogP contribution in [-0.4, -0.2) is 98.2 Å². The molecule has 1 aromatic carbocycles. The van der Waals surface area contributed by atoms with E-state index in [0.29, 0.717) is 57.3 Å². The molecule has 12 nitrogen and oxygen atoms in total. The van der Waals surface area contributed by atoms with Gasteiger partial charge in [0.25, 0.3) is 0 Å². The van der Waals surface area contributed by atoms with E-state index < -0.39 is 4.75 Å². The van der Waals surface area contributed by atoms with Gasteiger partial charge in [0.1, 0.15) is 11.1 Å². The van der Waals surface area contributed by atoms with Crippen molar-refractivity contribution in [3.05, 3.63) is 96.1 Å². The molecule has 2 aliphatic heterocycles. The molecule has 1 aliphatic carbocycles. The molecule has 2 amide bonds. The first-order valence-corrected chi connectivity index (χ1v) is 17.5. The zero-order valence-corrected chi connectivity index (χ0v) is 29.0. The molecular weight excluding hydrogens is 639 g/mol. The smallest absolute Gasteiger partial charge is 0.238 e. The maximum atomic E-state index is 13.8. The number of hydrazine groups is 1. The van der Waals surface area contributed by atoms with Crippen molar-refractivity contribution in [3.63, 3.8) is 0 Å². The van der Waals surface area contributed by atoms with E-state index in [1.807, 2.05) is 54.6 Å². The van der Waals surface area contributed by atoms with Gasteiger partial charge in [-0.3, -0.25) is 25.0 Å². The molecule has 2 atom stereocenters. The molecule has 1 fully saturated rings. The number of carbonyl (C=O) groups excluding carboxylic acids is 2. The topological polar surface area (TPSA) is 144 Å². The van der Waals surface area contributed by atoms with Gasteiger partial charge in [0.05, 0.1) is 25.4 Å². The van der Waals surface area contributed by atoms with E-state index in [1.165, 1.54) is 5.57 Å². The van der Waals surface area contributed by atoms with E-state index in [0.717, 1.165) is 40.0 Å². The molecule has 1 unspecified atom stereocenters. The highest BCUT2D eigenvalue weighted by Crippen LogP contribution is 2.36. The van der Waals surface area contributed by atoms with E-state index in [4.69, 9.17) is 10.6 Å². The highest BCUT2D eigenvalue weighted by atomic mass is 32.2. The predicted octanol–water partition coefficient (Wildman–Crippen LogP) is 3.18. The number of carbonyl (C=O) groups is 2. The van der Waals surface area contributed by atoms with Crippen LogP contribution in [0.4, 0.5) is 0 Å². The maximum Gasteiger partial charge on any atom is 0.238 e. The first kappa shape index (κ1) is 34.2. The van der Waals surface area contributed by atoms with Gasteiger partial charge in [0.15, 0.2) is 5.82 Å². The average molecular weight is 682 g/mol. The van der Waals surface area contributed by atoms with Crippen LogP contribution in [0.25, 0.3) is 22.5 Å². The maximum absolute atomic E-state index is 13.8. The summed E-state index contributed by atoms with van der Waals surface area (Å²) in [5.74, 6) is 7.10. The number of nitrogens with one attached hydrogen (secondary N) is 2. The minimum Gasteiger partial charge on any atom is -0.481 e. The number of allylic oxidation sites excluding steroid dienone is 2. The number of ether oxygens (including phenoxy) is 1. The molecule has 0 bridgehead atoms. The second kappa shape index (κ2) is 14.8. The van der Waals surface area contributed by atoms with Crippen molar-refractivity contribution >= 4 is 34.7 Å². The van der Waals surface area contributed by atoms with Crippen molar-refractivity contribution in [2.75, 3.05) is 46.1 Å². The molecule has 6 rings (SSSR count). The van der Waals surface area contributed by atoms with Crippen LogP contribution >= 0.6 is 11.8 Å². The number of thioether (sulfide) groups is 1. The second-order valence-electron chi connectivity index (χ2n) is 12.5. The molecule has 2 aromatic heterocycles. The number of aromatic nitrogens is 4. The molecule has 4 heterocycles. The van der Waals surface area contributed by atoms with Crippen molar-refractivity contribution in [2.24, 2.45) is 12.9 Å². The lowest BCUT2D eigenvalue weighted by atomic mass is 9.89. The number of rotatable bonds is 11. The summed E-state index contributed by atoms with van der Waals surface area (Å²) in [6.45, 7) is 7.03. The Balaban J connectivity index is 1.03. The largest absolute Gasteiger partial charge is 0.481 e. The number of aryl methyl sites for hydroxylation is 1. The molecule has 49 heavy (non-hydrogen) atoms. The van der Waals surface area contributed by atoms with Crippen molar-refractivity contribution in [1.29, 1.82) is 0 Å². The van der Waals surface area contributed by atoms with Crippen LogP contribution in [0.3, 0.4) is 0 Å². The normalized spacial score (nSPS) is 21.0. The van der Waals surface area contributed by atoms with Gasteiger partial charge in [-0.2, -0.15) is 5.10 Å². The zero-order valence-electron chi connectivity index (χ0n) is 28.2. The Bertz CT molecular complexity index is 1820. The lowest BCUT2D eigenvalue weighted by molar-refractivity contribution is -0.132. The van der Waals surface area contributed by atoms with Gasteiger partial charge in [0.2, 0.25) is 17.7 Å². The van der Waals surface area contributed by atoms with Crippen molar-refractivity contribution in [3.8, 4) is 17.3 Å². The molecule has 0 spiro atoms. The highest BCUT2D eigenvalue weighted by molar-refractivity contribution is 8.00. The van der Waals surface area contributed by atoms with Crippen molar-refractivity contribution in [1.82, 2.24) is 40.3 Å². The molecule has 4 N–H and O–H groups in total. The number of methoxy groups -OCH3 is 1. The number of pyridine rings is 1. The van der Waals surface area contributed by atoms with Crippen LogP contribution in [0.2, 0.25) is 0 Å². The first-order chi connectivity index (χ1) is 23.7. The Morgan fingerprint density at radius 2 is 1.96 bits per heavy atom. The van der Waals surface area contributed by atoms with E-state index in [-0.39, 0.29) is 17.9 Å². The summed E-state index contributed by atoms with van der Waals surface area (Å²) in [6.07, 6.45) is 13.3. The molecule has 3 aliphatic rings. The molecule has 13 heteroatoms. The van der Waals surface area contributed by atoms with Crippen LogP contribution in [0.5, 0.6) is 5.88 Å².